The van der Waals surface area contributed by atoms with Crippen molar-refractivity contribution in [2.75, 3.05) is 5.32 Å². The normalized spacial score (nSPS) is 10.8. The third-order valence-electron chi connectivity index (χ3n) is 3.68. The van der Waals surface area contributed by atoms with E-state index in [1.54, 1.807) is 66.5 Å². The molecule has 0 unspecified atom stereocenters. The van der Waals surface area contributed by atoms with Gasteiger partial charge in [-0.05, 0) is 35.9 Å². The molecule has 0 bridgehead atoms. The highest BCUT2D eigenvalue weighted by atomic mass is 35.5. The quantitative estimate of drug-likeness (QED) is 0.543. The number of aryl methyl sites for hydroxylation is 1. The van der Waals surface area contributed by atoms with Crippen molar-refractivity contribution in [1.29, 1.82) is 0 Å². The molecule has 1 aromatic heterocycles. The minimum Gasteiger partial charge on any atom is -0.322 e. The highest BCUT2D eigenvalue weighted by Gasteiger charge is 2.10. The van der Waals surface area contributed by atoms with Crippen LogP contribution in [0.3, 0.4) is 0 Å². The molecule has 2 aromatic carbocycles. The molecule has 1 amide bonds. The van der Waals surface area contributed by atoms with Crippen LogP contribution in [-0.2, 0) is 7.05 Å². The van der Waals surface area contributed by atoms with Gasteiger partial charge in [0.05, 0.1) is 22.3 Å². The maximum absolute atomic E-state index is 12.3. The Bertz CT molecular complexity index is 992. The van der Waals surface area contributed by atoms with Gasteiger partial charge < -0.3 is 5.32 Å². The van der Waals surface area contributed by atoms with Crippen LogP contribution >= 0.6 is 11.6 Å². The molecule has 6 heteroatoms. The summed E-state index contributed by atoms with van der Waals surface area (Å²) in [6.45, 7) is 0. The van der Waals surface area contributed by atoms with Gasteiger partial charge in [-0.15, -0.1) is 0 Å². The first-order chi connectivity index (χ1) is 12.5. The van der Waals surface area contributed by atoms with Crippen LogP contribution in [0.2, 0.25) is 5.02 Å². The first-order valence-corrected chi connectivity index (χ1v) is 8.28. The predicted molar refractivity (Wildman–Crippen MR) is 102 cm³/mol. The monoisotopic (exact) mass is 365 g/mol. The summed E-state index contributed by atoms with van der Waals surface area (Å²) in [5.41, 5.74) is 2.33. The van der Waals surface area contributed by atoms with Gasteiger partial charge in [-0.3, -0.25) is 14.3 Å². The summed E-state index contributed by atoms with van der Waals surface area (Å²) >= 11 is 6.04. The molecule has 0 spiro atoms. The zero-order valence-electron chi connectivity index (χ0n) is 14.0. The van der Waals surface area contributed by atoms with Crippen LogP contribution < -0.4 is 5.32 Å². The van der Waals surface area contributed by atoms with Crippen molar-refractivity contribution in [2.24, 2.45) is 7.05 Å². The van der Waals surface area contributed by atoms with E-state index in [1.807, 2.05) is 6.07 Å². The Kier molecular flexibility index (Phi) is 5.29. The first-order valence-electron chi connectivity index (χ1n) is 7.90. The van der Waals surface area contributed by atoms with Gasteiger partial charge >= 0.3 is 0 Å². The van der Waals surface area contributed by atoms with Crippen LogP contribution in [0, 0.1) is 0 Å². The summed E-state index contributed by atoms with van der Waals surface area (Å²) in [6, 6.07) is 14.0. The fourth-order valence-electron chi connectivity index (χ4n) is 2.38. The number of amides is 1. The van der Waals surface area contributed by atoms with E-state index in [1.165, 1.54) is 12.3 Å². The molecule has 1 N–H and O–H groups in total. The number of anilines is 1. The summed E-state index contributed by atoms with van der Waals surface area (Å²) in [5.74, 6) is -0.424. The molecule has 0 aliphatic heterocycles. The molecule has 130 valence electrons. The number of rotatable bonds is 5. The zero-order chi connectivity index (χ0) is 18.5. The number of halogens is 1. The van der Waals surface area contributed by atoms with Gasteiger partial charge in [0.25, 0.3) is 5.91 Å². The molecule has 1 heterocycles. The smallest absolute Gasteiger partial charge is 0.257 e. The van der Waals surface area contributed by atoms with Crippen molar-refractivity contribution in [3.8, 4) is 0 Å². The maximum atomic E-state index is 12.3. The third-order valence-corrected chi connectivity index (χ3v) is 4.01. The molecule has 3 rings (SSSR count). The van der Waals surface area contributed by atoms with E-state index in [9.17, 15) is 9.59 Å². The SMILES string of the molecule is Cn1cc(C(=O)/C=C\c2cccc(NC(=O)c3ccccc3Cl)c2)cn1. The lowest BCUT2D eigenvalue weighted by Crippen LogP contribution is -2.12. The molecular weight excluding hydrogens is 350 g/mol. The highest BCUT2D eigenvalue weighted by Crippen LogP contribution is 2.18. The molecule has 0 fully saturated rings. The van der Waals surface area contributed by atoms with Gasteiger partial charge in [-0.25, -0.2) is 0 Å². The average molecular weight is 366 g/mol. The number of aromatic nitrogens is 2. The van der Waals surface area contributed by atoms with Crippen LogP contribution in [0.1, 0.15) is 26.3 Å². The largest absolute Gasteiger partial charge is 0.322 e. The van der Waals surface area contributed by atoms with E-state index in [2.05, 4.69) is 10.4 Å². The van der Waals surface area contributed by atoms with Crippen LogP contribution in [0.15, 0.2) is 67.0 Å². The third kappa shape index (κ3) is 4.26. The fourth-order valence-corrected chi connectivity index (χ4v) is 2.60. The van der Waals surface area contributed by atoms with Gasteiger partial charge in [0.1, 0.15) is 0 Å². The lowest BCUT2D eigenvalue weighted by atomic mass is 10.1. The van der Waals surface area contributed by atoms with E-state index >= 15 is 0 Å². The molecule has 3 aromatic rings. The van der Waals surface area contributed by atoms with Crippen LogP contribution in [0.4, 0.5) is 5.69 Å². The molecule has 0 aliphatic carbocycles. The van der Waals surface area contributed by atoms with Crippen molar-refractivity contribution in [3.05, 3.63) is 88.7 Å². The Balaban J connectivity index is 1.72. The second kappa shape index (κ2) is 7.80. The number of nitrogens with zero attached hydrogens (tertiary/aromatic N) is 2. The fraction of sp³-hybridized carbons (Fsp3) is 0.0500. The van der Waals surface area contributed by atoms with Crippen molar-refractivity contribution < 1.29 is 9.59 Å². The van der Waals surface area contributed by atoms with E-state index in [-0.39, 0.29) is 11.7 Å². The van der Waals surface area contributed by atoms with Crippen molar-refractivity contribution in [2.45, 2.75) is 0 Å². The van der Waals surface area contributed by atoms with Crippen LogP contribution in [-0.4, -0.2) is 21.5 Å². The van der Waals surface area contributed by atoms with Crippen LogP contribution in [0.5, 0.6) is 0 Å². The molecule has 0 saturated carbocycles. The van der Waals surface area contributed by atoms with Crippen molar-refractivity contribution in [3.63, 3.8) is 0 Å². The summed E-state index contributed by atoms with van der Waals surface area (Å²) in [5, 5.41) is 7.18. The Labute approximate surface area is 155 Å². The van der Waals surface area contributed by atoms with Gasteiger partial charge in [-0.1, -0.05) is 41.9 Å². The van der Waals surface area contributed by atoms with Crippen LogP contribution in [0.25, 0.3) is 6.08 Å². The number of benzene rings is 2. The second-order valence-corrected chi connectivity index (χ2v) is 6.07. The maximum Gasteiger partial charge on any atom is 0.257 e. The number of hydrogen-bond donors (Lipinski definition) is 1. The molecule has 26 heavy (non-hydrogen) atoms. The van der Waals surface area contributed by atoms with E-state index in [0.717, 1.165) is 5.56 Å². The Morgan fingerprint density at radius 1 is 1.15 bits per heavy atom. The number of hydrogen-bond acceptors (Lipinski definition) is 3. The Morgan fingerprint density at radius 3 is 2.69 bits per heavy atom. The van der Waals surface area contributed by atoms with Crippen molar-refractivity contribution in [1.82, 2.24) is 9.78 Å². The minimum absolute atomic E-state index is 0.136. The molecule has 0 saturated heterocycles. The Hall–Kier alpha value is -3.18. The van der Waals surface area contributed by atoms with E-state index < -0.39 is 0 Å². The average Bonchev–Trinajstić information content (AvgIpc) is 3.07. The summed E-state index contributed by atoms with van der Waals surface area (Å²) in [4.78, 5) is 24.4. The predicted octanol–water partition coefficient (Wildman–Crippen LogP) is 4.22. The number of ketones is 1. The number of nitrogens with one attached hydrogen (secondary N) is 1. The van der Waals surface area contributed by atoms with Crippen molar-refractivity contribution >= 4 is 35.1 Å². The number of carbonyl (C=O) groups excluding carboxylic acids is 2. The molecule has 0 aliphatic rings. The van der Waals surface area contributed by atoms with Gasteiger partial charge in [0.2, 0.25) is 0 Å². The lowest BCUT2D eigenvalue weighted by molar-refractivity contribution is 0.102. The van der Waals surface area contributed by atoms with Gasteiger partial charge in [0, 0.05) is 18.9 Å². The zero-order valence-corrected chi connectivity index (χ0v) is 14.8. The first kappa shape index (κ1) is 17.6. The van der Waals surface area contributed by atoms with Gasteiger partial charge in [0.15, 0.2) is 5.78 Å². The standard InChI is InChI=1S/C20H16ClN3O2/c1-24-13-15(12-22-24)19(25)10-9-14-5-4-6-16(11-14)23-20(26)17-7-2-3-8-18(17)21/h2-13H,1H3,(H,23,26)/b10-9-. The van der Waals surface area contributed by atoms with E-state index in [4.69, 9.17) is 11.6 Å². The summed E-state index contributed by atoms with van der Waals surface area (Å²) in [6.07, 6.45) is 6.35. The Morgan fingerprint density at radius 2 is 1.96 bits per heavy atom. The summed E-state index contributed by atoms with van der Waals surface area (Å²) < 4.78 is 1.58. The number of carbonyl (C=O) groups is 2. The molecule has 5 nitrogen and oxygen atoms in total. The van der Waals surface area contributed by atoms with Gasteiger partial charge in [-0.2, -0.15) is 5.10 Å². The highest BCUT2D eigenvalue weighted by molar-refractivity contribution is 6.34. The molecule has 0 radical (unpaired) electrons. The lowest BCUT2D eigenvalue weighted by Gasteiger charge is -2.07. The van der Waals surface area contributed by atoms with E-state index in [0.29, 0.717) is 21.8 Å². The number of allylic oxidation sites excluding steroid dienone is 1. The topological polar surface area (TPSA) is 64.0 Å². The molecule has 0 atom stereocenters. The second-order valence-electron chi connectivity index (χ2n) is 5.66. The summed E-state index contributed by atoms with van der Waals surface area (Å²) in [7, 11) is 1.76. The molecular formula is C20H16ClN3O2. The minimum atomic E-state index is -0.289.